The molecule has 0 aliphatic rings. The van der Waals surface area contributed by atoms with E-state index in [1.807, 2.05) is 0 Å². The zero-order valence-electron chi connectivity index (χ0n) is 9.34. The molecule has 7 nitrogen and oxygen atoms in total. The van der Waals surface area contributed by atoms with Gasteiger partial charge >= 0.3 is 0 Å². The van der Waals surface area contributed by atoms with Crippen molar-refractivity contribution in [3.8, 4) is 0 Å². The molecule has 0 spiro atoms. The molecule has 0 aliphatic carbocycles. The van der Waals surface area contributed by atoms with Crippen molar-refractivity contribution >= 4 is 29.2 Å². The lowest BCUT2D eigenvalue weighted by atomic mass is 10.3. The Kier molecular flexibility index (Phi) is 4.21. The summed E-state index contributed by atoms with van der Waals surface area (Å²) in [6.07, 6.45) is 0. The third-order valence-electron chi connectivity index (χ3n) is 1.97. The number of nitrogens with zero attached hydrogens (tertiary/aromatic N) is 4. The van der Waals surface area contributed by atoms with Gasteiger partial charge < -0.3 is 15.7 Å². The molecule has 94 valence electrons. The highest BCUT2D eigenvalue weighted by molar-refractivity contribution is 6.30. The van der Waals surface area contributed by atoms with Crippen molar-refractivity contribution in [1.29, 1.82) is 0 Å². The molecule has 0 fully saturated rings. The average Bonchev–Trinajstić information content (AvgIpc) is 2.41. The van der Waals surface area contributed by atoms with Gasteiger partial charge in [0.25, 0.3) is 11.9 Å². The summed E-state index contributed by atoms with van der Waals surface area (Å²) in [5.74, 6) is 0.553. The minimum absolute atomic E-state index is 0.00582. The van der Waals surface area contributed by atoms with Gasteiger partial charge in [0, 0.05) is 17.3 Å². The maximum absolute atomic E-state index is 8.62. The first-order valence-corrected chi connectivity index (χ1v) is 5.60. The van der Waals surface area contributed by atoms with Crippen LogP contribution in [0.1, 0.15) is 0 Å². The van der Waals surface area contributed by atoms with Crippen molar-refractivity contribution < 1.29 is 5.11 Å². The summed E-state index contributed by atoms with van der Waals surface area (Å²) >= 11 is 5.77. The second-order valence-electron chi connectivity index (χ2n) is 3.33. The molecule has 0 amide bonds. The van der Waals surface area contributed by atoms with Gasteiger partial charge in [-0.3, -0.25) is 0 Å². The van der Waals surface area contributed by atoms with E-state index in [4.69, 9.17) is 16.7 Å². The Morgan fingerprint density at radius 3 is 2.22 bits per heavy atom. The average molecular weight is 267 g/mol. The zero-order valence-corrected chi connectivity index (χ0v) is 10.1. The van der Waals surface area contributed by atoms with Crippen LogP contribution in [-0.2, 0) is 0 Å². The van der Waals surface area contributed by atoms with Crippen LogP contribution in [0.15, 0.2) is 24.3 Å². The van der Waals surface area contributed by atoms with E-state index in [2.05, 4.69) is 31.0 Å². The second kappa shape index (κ2) is 6.08. The highest BCUT2D eigenvalue weighted by Crippen LogP contribution is 2.15. The SMILES string of the molecule is OCCNc1nnc(Nc2ccc(Cl)cc2)nn1. The van der Waals surface area contributed by atoms with E-state index < -0.39 is 0 Å². The lowest BCUT2D eigenvalue weighted by Crippen LogP contribution is -2.11. The highest BCUT2D eigenvalue weighted by atomic mass is 35.5. The molecule has 8 heteroatoms. The monoisotopic (exact) mass is 266 g/mol. The van der Waals surface area contributed by atoms with E-state index in [0.717, 1.165) is 5.69 Å². The normalized spacial score (nSPS) is 10.1. The van der Waals surface area contributed by atoms with Crippen molar-refractivity contribution in [2.24, 2.45) is 0 Å². The minimum atomic E-state index is -0.00582. The largest absolute Gasteiger partial charge is 0.395 e. The van der Waals surface area contributed by atoms with E-state index >= 15 is 0 Å². The predicted octanol–water partition coefficient (Wildman–Crippen LogP) is 1.07. The number of benzene rings is 1. The van der Waals surface area contributed by atoms with Crippen LogP contribution in [0, 0.1) is 0 Å². The van der Waals surface area contributed by atoms with Crippen LogP contribution in [-0.4, -0.2) is 38.7 Å². The number of nitrogens with one attached hydrogen (secondary N) is 2. The van der Waals surface area contributed by atoms with Crippen LogP contribution in [0.2, 0.25) is 5.02 Å². The molecule has 0 saturated carbocycles. The number of halogens is 1. The third-order valence-corrected chi connectivity index (χ3v) is 2.23. The number of rotatable bonds is 5. The molecule has 0 bridgehead atoms. The fraction of sp³-hybridized carbons (Fsp3) is 0.200. The number of hydrogen-bond acceptors (Lipinski definition) is 7. The molecule has 2 aromatic rings. The molecule has 0 atom stereocenters. The topological polar surface area (TPSA) is 95.8 Å². The summed E-state index contributed by atoms with van der Waals surface area (Å²) in [4.78, 5) is 0. The number of aliphatic hydroxyl groups is 1. The first-order chi connectivity index (χ1) is 8.78. The first-order valence-electron chi connectivity index (χ1n) is 5.22. The van der Waals surface area contributed by atoms with Crippen molar-refractivity contribution in [1.82, 2.24) is 20.4 Å². The van der Waals surface area contributed by atoms with E-state index in [1.165, 1.54) is 0 Å². The Bertz CT molecular complexity index is 489. The number of anilines is 3. The Morgan fingerprint density at radius 2 is 1.61 bits per heavy atom. The maximum atomic E-state index is 8.62. The number of hydrogen-bond donors (Lipinski definition) is 3. The Hall–Kier alpha value is -1.99. The van der Waals surface area contributed by atoms with E-state index in [0.29, 0.717) is 11.6 Å². The van der Waals surface area contributed by atoms with Gasteiger partial charge in [-0.25, -0.2) is 0 Å². The molecule has 1 aromatic carbocycles. The van der Waals surface area contributed by atoms with Gasteiger partial charge in [-0.2, -0.15) is 0 Å². The van der Waals surface area contributed by atoms with Gasteiger partial charge in [0.1, 0.15) is 0 Å². The molecular weight excluding hydrogens is 256 g/mol. The maximum Gasteiger partial charge on any atom is 0.266 e. The van der Waals surface area contributed by atoms with E-state index in [9.17, 15) is 0 Å². The molecule has 1 heterocycles. The summed E-state index contributed by atoms with van der Waals surface area (Å²) in [6, 6.07) is 7.09. The molecular formula is C10H11ClN6O. The van der Waals surface area contributed by atoms with Crippen molar-refractivity contribution in [3.63, 3.8) is 0 Å². The van der Waals surface area contributed by atoms with Gasteiger partial charge in [-0.05, 0) is 24.3 Å². The molecule has 0 saturated heterocycles. The molecule has 3 N–H and O–H groups in total. The van der Waals surface area contributed by atoms with Crippen LogP contribution in [0.4, 0.5) is 17.6 Å². The van der Waals surface area contributed by atoms with Gasteiger partial charge in [-0.1, -0.05) is 11.6 Å². The summed E-state index contributed by atoms with van der Waals surface area (Å²) in [5.41, 5.74) is 0.791. The Morgan fingerprint density at radius 1 is 1.00 bits per heavy atom. The molecule has 1 aromatic heterocycles. The quantitative estimate of drug-likeness (QED) is 0.745. The number of aliphatic hydroxyl groups excluding tert-OH is 1. The van der Waals surface area contributed by atoms with Crippen molar-refractivity contribution in [2.75, 3.05) is 23.8 Å². The Balaban J connectivity index is 1.99. The molecule has 0 radical (unpaired) electrons. The first kappa shape index (κ1) is 12.5. The third kappa shape index (κ3) is 3.51. The smallest absolute Gasteiger partial charge is 0.266 e. The van der Waals surface area contributed by atoms with E-state index in [-0.39, 0.29) is 18.5 Å². The van der Waals surface area contributed by atoms with Gasteiger partial charge in [-0.15, -0.1) is 20.4 Å². The van der Waals surface area contributed by atoms with Crippen LogP contribution >= 0.6 is 11.6 Å². The minimum Gasteiger partial charge on any atom is -0.395 e. The molecule has 0 unspecified atom stereocenters. The van der Waals surface area contributed by atoms with Gasteiger partial charge in [0.05, 0.1) is 6.61 Å². The van der Waals surface area contributed by atoms with Crippen molar-refractivity contribution in [3.05, 3.63) is 29.3 Å². The molecule has 18 heavy (non-hydrogen) atoms. The summed E-state index contributed by atoms with van der Waals surface area (Å²) < 4.78 is 0. The lowest BCUT2D eigenvalue weighted by molar-refractivity contribution is 0.310. The predicted molar refractivity (Wildman–Crippen MR) is 67.9 cm³/mol. The summed E-state index contributed by atoms with van der Waals surface area (Å²) in [7, 11) is 0. The zero-order chi connectivity index (χ0) is 12.8. The van der Waals surface area contributed by atoms with Gasteiger partial charge in [0.2, 0.25) is 0 Å². The van der Waals surface area contributed by atoms with Crippen LogP contribution < -0.4 is 10.6 Å². The van der Waals surface area contributed by atoms with Crippen LogP contribution in [0.25, 0.3) is 0 Å². The summed E-state index contributed by atoms with van der Waals surface area (Å²) in [5, 5.41) is 30.2. The van der Waals surface area contributed by atoms with Crippen molar-refractivity contribution in [2.45, 2.75) is 0 Å². The van der Waals surface area contributed by atoms with Gasteiger partial charge in [0.15, 0.2) is 0 Å². The molecule has 0 aliphatic heterocycles. The Labute approximate surface area is 108 Å². The fourth-order valence-corrected chi connectivity index (χ4v) is 1.31. The fourth-order valence-electron chi connectivity index (χ4n) is 1.18. The van der Waals surface area contributed by atoms with Crippen LogP contribution in [0.3, 0.4) is 0 Å². The molecule has 2 rings (SSSR count). The second-order valence-corrected chi connectivity index (χ2v) is 3.77. The number of aromatic nitrogens is 4. The summed E-state index contributed by atoms with van der Waals surface area (Å²) in [6.45, 7) is 0.349. The van der Waals surface area contributed by atoms with E-state index in [1.54, 1.807) is 24.3 Å². The standard InChI is InChI=1S/C10H11ClN6O/c11-7-1-3-8(4-2-7)13-10-16-14-9(15-17-10)12-5-6-18/h1-4,18H,5-6H2,(H,12,14,15)(H,13,16,17). The van der Waals surface area contributed by atoms with Crippen LogP contribution in [0.5, 0.6) is 0 Å². The lowest BCUT2D eigenvalue weighted by Gasteiger charge is -2.04. The highest BCUT2D eigenvalue weighted by Gasteiger charge is 2.01.